The molecular formula is C18H15ClN6O2S2. The number of aromatic nitrogens is 2. The molecule has 0 spiro atoms. The van der Waals surface area contributed by atoms with Crippen LogP contribution in [-0.4, -0.2) is 32.3 Å². The summed E-state index contributed by atoms with van der Waals surface area (Å²) < 4.78 is 5.36. The zero-order chi connectivity index (χ0) is 19.8. The SMILES string of the molecule is O=C1NN=C(SCc2nc(-c3ccc(Cl)cc3)no2)N2NC(c3cccs3)CC12. The second kappa shape index (κ2) is 7.79. The lowest BCUT2D eigenvalue weighted by atomic mass is 10.1. The Morgan fingerprint density at radius 2 is 2.17 bits per heavy atom. The third-order valence-corrected chi connectivity index (χ3v) is 6.79. The van der Waals surface area contributed by atoms with Crippen LogP contribution in [0.2, 0.25) is 5.02 Å². The quantitative estimate of drug-likeness (QED) is 0.634. The van der Waals surface area contributed by atoms with Crippen LogP contribution in [0.1, 0.15) is 23.2 Å². The molecule has 0 aliphatic carbocycles. The fourth-order valence-electron chi connectivity index (χ4n) is 3.21. The number of thioether (sulfide) groups is 1. The highest BCUT2D eigenvalue weighted by atomic mass is 35.5. The smallest absolute Gasteiger partial charge is 0.264 e. The number of hydrazine groups is 1. The number of hydrogen-bond acceptors (Lipinski definition) is 9. The molecule has 2 aliphatic rings. The molecule has 29 heavy (non-hydrogen) atoms. The topological polar surface area (TPSA) is 95.7 Å². The Morgan fingerprint density at radius 1 is 1.31 bits per heavy atom. The van der Waals surface area contributed by atoms with Crippen LogP contribution in [0.3, 0.4) is 0 Å². The fraction of sp³-hybridized carbons (Fsp3) is 0.222. The molecule has 1 saturated heterocycles. The molecular weight excluding hydrogens is 432 g/mol. The molecule has 2 atom stereocenters. The van der Waals surface area contributed by atoms with Crippen molar-refractivity contribution in [2.75, 3.05) is 0 Å². The molecule has 148 valence electrons. The summed E-state index contributed by atoms with van der Waals surface area (Å²) in [6, 6.07) is 11.1. The van der Waals surface area contributed by atoms with E-state index in [0.717, 1.165) is 5.56 Å². The number of halogens is 1. The van der Waals surface area contributed by atoms with Gasteiger partial charge in [0.05, 0.1) is 11.8 Å². The van der Waals surface area contributed by atoms with Crippen molar-refractivity contribution in [2.24, 2.45) is 5.10 Å². The minimum absolute atomic E-state index is 0.0922. The van der Waals surface area contributed by atoms with Crippen LogP contribution in [0, 0.1) is 0 Å². The fourth-order valence-corrected chi connectivity index (χ4v) is 4.92. The van der Waals surface area contributed by atoms with Crippen LogP contribution >= 0.6 is 34.7 Å². The van der Waals surface area contributed by atoms with E-state index in [1.54, 1.807) is 23.5 Å². The maximum Gasteiger partial charge on any atom is 0.264 e. The van der Waals surface area contributed by atoms with Gasteiger partial charge >= 0.3 is 0 Å². The number of amidine groups is 1. The molecule has 5 rings (SSSR count). The van der Waals surface area contributed by atoms with Crippen LogP contribution in [0.4, 0.5) is 0 Å². The van der Waals surface area contributed by atoms with E-state index in [1.165, 1.54) is 16.6 Å². The summed E-state index contributed by atoms with van der Waals surface area (Å²) in [5, 5.41) is 13.4. The van der Waals surface area contributed by atoms with Crippen LogP contribution in [-0.2, 0) is 10.5 Å². The van der Waals surface area contributed by atoms with Crippen LogP contribution < -0.4 is 10.9 Å². The van der Waals surface area contributed by atoms with Crippen molar-refractivity contribution in [2.45, 2.75) is 24.3 Å². The van der Waals surface area contributed by atoms with Gasteiger partial charge in [0, 0.05) is 21.9 Å². The molecule has 2 aromatic heterocycles. The highest BCUT2D eigenvalue weighted by Crippen LogP contribution is 2.33. The summed E-state index contributed by atoms with van der Waals surface area (Å²) >= 11 is 9.01. The van der Waals surface area contributed by atoms with E-state index in [1.807, 2.05) is 28.6 Å². The number of benzene rings is 1. The predicted octanol–water partition coefficient (Wildman–Crippen LogP) is 3.41. The van der Waals surface area contributed by atoms with Gasteiger partial charge in [0.25, 0.3) is 5.91 Å². The predicted molar refractivity (Wildman–Crippen MR) is 112 cm³/mol. The molecule has 1 fully saturated rings. The molecule has 8 nitrogen and oxygen atoms in total. The van der Waals surface area contributed by atoms with Crippen molar-refractivity contribution in [3.8, 4) is 11.4 Å². The Balaban J connectivity index is 1.27. The van der Waals surface area contributed by atoms with E-state index in [-0.39, 0.29) is 18.0 Å². The minimum Gasteiger partial charge on any atom is -0.338 e. The number of rotatable bonds is 4. The number of amides is 1. The molecule has 2 aliphatic heterocycles. The highest BCUT2D eigenvalue weighted by molar-refractivity contribution is 8.13. The Hall–Kier alpha value is -2.40. The third-order valence-electron chi connectivity index (χ3n) is 4.62. The van der Waals surface area contributed by atoms with Crippen molar-refractivity contribution in [1.29, 1.82) is 0 Å². The Bertz CT molecular complexity index is 1050. The van der Waals surface area contributed by atoms with Gasteiger partial charge in [-0.1, -0.05) is 34.6 Å². The molecule has 1 amide bonds. The van der Waals surface area contributed by atoms with Crippen molar-refractivity contribution in [3.63, 3.8) is 0 Å². The molecule has 2 N–H and O–H groups in total. The van der Waals surface area contributed by atoms with E-state index >= 15 is 0 Å². The van der Waals surface area contributed by atoms with E-state index in [2.05, 4.69) is 32.2 Å². The minimum atomic E-state index is -0.297. The largest absolute Gasteiger partial charge is 0.338 e. The second-order valence-corrected chi connectivity index (χ2v) is 8.85. The Kier molecular flexibility index (Phi) is 5.00. The lowest BCUT2D eigenvalue weighted by molar-refractivity contribution is -0.125. The summed E-state index contributed by atoms with van der Waals surface area (Å²) in [6.07, 6.45) is 0.688. The zero-order valence-electron chi connectivity index (χ0n) is 14.9. The van der Waals surface area contributed by atoms with Crippen molar-refractivity contribution < 1.29 is 9.32 Å². The first-order valence-corrected chi connectivity index (χ1v) is 11.1. The molecule has 0 bridgehead atoms. The van der Waals surface area contributed by atoms with Crippen LogP contribution in [0.25, 0.3) is 11.4 Å². The Morgan fingerprint density at radius 3 is 2.97 bits per heavy atom. The van der Waals surface area contributed by atoms with Crippen molar-refractivity contribution >= 4 is 45.8 Å². The summed E-state index contributed by atoms with van der Waals surface area (Å²) in [4.78, 5) is 17.9. The van der Waals surface area contributed by atoms with E-state index < -0.39 is 0 Å². The summed E-state index contributed by atoms with van der Waals surface area (Å²) in [5.74, 6) is 1.31. The number of fused-ring (bicyclic) bond motifs is 1. The molecule has 4 heterocycles. The summed E-state index contributed by atoms with van der Waals surface area (Å²) in [6.45, 7) is 0. The van der Waals surface area contributed by atoms with E-state index in [0.29, 0.717) is 34.1 Å². The number of carbonyl (C=O) groups excluding carboxylic acids is 1. The monoisotopic (exact) mass is 446 g/mol. The highest BCUT2D eigenvalue weighted by Gasteiger charge is 2.42. The van der Waals surface area contributed by atoms with Gasteiger partial charge in [-0.2, -0.15) is 4.98 Å². The first-order chi connectivity index (χ1) is 14.2. The Labute approximate surface area is 179 Å². The van der Waals surface area contributed by atoms with Crippen LogP contribution in [0.15, 0.2) is 51.4 Å². The third kappa shape index (κ3) is 3.76. The second-order valence-electron chi connectivity index (χ2n) is 6.50. The van der Waals surface area contributed by atoms with Crippen molar-refractivity contribution in [1.82, 2.24) is 26.0 Å². The van der Waals surface area contributed by atoms with Crippen molar-refractivity contribution in [3.05, 3.63) is 57.6 Å². The molecule has 2 unspecified atom stereocenters. The van der Waals surface area contributed by atoms with E-state index in [9.17, 15) is 4.79 Å². The lowest BCUT2D eigenvalue weighted by Gasteiger charge is -2.28. The van der Waals surface area contributed by atoms with Gasteiger partial charge in [-0.15, -0.1) is 16.4 Å². The van der Waals surface area contributed by atoms with Gasteiger partial charge in [-0.05, 0) is 35.7 Å². The standard InChI is InChI=1S/C18H15ClN6O2S2/c19-11-5-3-10(4-6-11)16-20-15(27-24-16)9-29-18-22-21-17(26)13-8-12(23-25(13)18)14-2-1-7-28-14/h1-7,12-13,23H,8-9H2,(H,21,26). The van der Waals surface area contributed by atoms with E-state index in [4.69, 9.17) is 16.1 Å². The van der Waals surface area contributed by atoms with Crippen LogP contribution in [0.5, 0.6) is 0 Å². The van der Waals surface area contributed by atoms with Gasteiger partial charge < -0.3 is 4.52 Å². The molecule has 1 aromatic carbocycles. The first-order valence-electron chi connectivity index (χ1n) is 8.85. The number of hydrogen-bond donors (Lipinski definition) is 2. The average Bonchev–Trinajstić information content (AvgIpc) is 3.48. The van der Waals surface area contributed by atoms with Gasteiger partial charge in [-0.25, -0.2) is 10.9 Å². The van der Waals surface area contributed by atoms with Gasteiger partial charge in [0.2, 0.25) is 11.7 Å². The number of nitrogens with zero attached hydrogens (tertiary/aromatic N) is 4. The summed E-state index contributed by atoms with van der Waals surface area (Å²) in [7, 11) is 0. The maximum atomic E-state index is 12.2. The maximum absolute atomic E-state index is 12.2. The number of nitrogens with one attached hydrogen (secondary N) is 2. The van der Waals surface area contributed by atoms with Gasteiger partial charge in [0.1, 0.15) is 6.04 Å². The number of thiophene rings is 1. The molecule has 0 radical (unpaired) electrons. The average molecular weight is 447 g/mol. The first kappa shape index (κ1) is 18.6. The number of hydrazone groups is 1. The molecule has 0 saturated carbocycles. The zero-order valence-corrected chi connectivity index (χ0v) is 17.3. The summed E-state index contributed by atoms with van der Waals surface area (Å²) in [5.41, 5.74) is 6.84. The van der Waals surface area contributed by atoms with Gasteiger partial charge in [-0.3, -0.25) is 9.80 Å². The molecule has 11 heteroatoms. The van der Waals surface area contributed by atoms with Gasteiger partial charge in [0.15, 0.2) is 5.17 Å². The normalized spacial score (nSPS) is 21.1. The number of carbonyl (C=O) groups is 1. The molecule has 3 aromatic rings. The lowest BCUT2D eigenvalue weighted by Crippen LogP contribution is -2.52.